The number of hydrogen-bond acceptors (Lipinski definition) is 6. The number of halogens is 3. The molecule has 4 rings (SSSR count). The lowest BCUT2D eigenvalue weighted by Crippen LogP contribution is -2.57. The van der Waals surface area contributed by atoms with Crippen molar-refractivity contribution in [3.05, 3.63) is 42.0 Å². The lowest BCUT2D eigenvalue weighted by atomic mass is 9.57. The van der Waals surface area contributed by atoms with Crippen molar-refractivity contribution < 1.29 is 27.8 Å². The van der Waals surface area contributed by atoms with Crippen molar-refractivity contribution in [2.24, 2.45) is 23.7 Å². The summed E-state index contributed by atoms with van der Waals surface area (Å²) >= 11 is 0. The van der Waals surface area contributed by atoms with Crippen LogP contribution in [0.1, 0.15) is 46.1 Å². The fraction of sp³-hybridized carbons (Fsp3) is 0.667. The minimum Gasteiger partial charge on any atom is -0.457 e. The molecular weight excluding hydrogens is 471 g/mol. The predicted molar refractivity (Wildman–Crippen MR) is 130 cm³/mol. The number of carbonyl (C=O) groups excluding carboxylic acids is 1. The molecule has 0 spiro atoms. The second-order valence-corrected chi connectivity index (χ2v) is 10.7. The van der Waals surface area contributed by atoms with Crippen LogP contribution in [0, 0.1) is 30.1 Å². The summed E-state index contributed by atoms with van der Waals surface area (Å²) in [4.78, 5) is 19.6. The second-order valence-electron chi connectivity index (χ2n) is 10.7. The summed E-state index contributed by atoms with van der Waals surface area (Å²) in [7, 11) is 0. The Morgan fingerprint density at radius 3 is 2.64 bits per heavy atom. The number of anilines is 1. The maximum absolute atomic E-state index is 13.4. The third-order valence-corrected chi connectivity index (χ3v) is 8.20. The van der Waals surface area contributed by atoms with E-state index in [1.54, 1.807) is 4.90 Å². The van der Waals surface area contributed by atoms with E-state index >= 15 is 0 Å². The molecule has 6 atom stereocenters. The van der Waals surface area contributed by atoms with Crippen molar-refractivity contribution in [3.63, 3.8) is 0 Å². The Hall–Kier alpha value is -2.13. The van der Waals surface area contributed by atoms with Crippen LogP contribution in [-0.4, -0.2) is 65.4 Å². The Balaban J connectivity index is 1.42. The molecule has 2 radical (unpaired) electrons. The molecule has 9 heteroatoms. The second kappa shape index (κ2) is 10.3. The van der Waals surface area contributed by atoms with Crippen LogP contribution in [0.15, 0.2) is 30.0 Å². The van der Waals surface area contributed by atoms with E-state index in [2.05, 4.69) is 29.3 Å². The van der Waals surface area contributed by atoms with E-state index in [0.29, 0.717) is 26.2 Å². The van der Waals surface area contributed by atoms with Crippen LogP contribution in [0.25, 0.3) is 0 Å². The van der Waals surface area contributed by atoms with Gasteiger partial charge in [0.25, 0.3) is 0 Å². The average molecular weight is 508 g/mol. The fourth-order valence-corrected chi connectivity index (χ4v) is 6.16. The van der Waals surface area contributed by atoms with Crippen molar-refractivity contribution in [3.8, 4) is 0 Å². The molecule has 198 valence electrons. The first-order valence-corrected chi connectivity index (χ1v) is 12.7. The van der Waals surface area contributed by atoms with Crippen molar-refractivity contribution in [2.45, 2.75) is 58.4 Å². The molecule has 6 nitrogen and oxygen atoms in total. The molecule has 0 aromatic carbocycles. The van der Waals surface area contributed by atoms with Crippen LogP contribution in [0.4, 0.5) is 19.0 Å². The van der Waals surface area contributed by atoms with Crippen LogP contribution in [0.3, 0.4) is 0 Å². The number of piperazine rings is 1. The molecule has 2 fully saturated rings. The van der Waals surface area contributed by atoms with E-state index in [1.807, 2.05) is 13.8 Å². The van der Waals surface area contributed by atoms with E-state index in [-0.39, 0.29) is 29.5 Å². The van der Waals surface area contributed by atoms with E-state index < -0.39 is 29.4 Å². The van der Waals surface area contributed by atoms with Crippen molar-refractivity contribution in [1.82, 2.24) is 9.88 Å². The lowest BCUT2D eigenvalue weighted by Gasteiger charge is -2.53. The summed E-state index contributed by atoms with van der Waals surface area (Å²) in [6, 6.07) is 2.41. The lowest BCUT2D eigenvalue weighted by molar-refractivity contribution is -0.148. The number of fused-ring (bicyclic) bond motifs is 1. The van der Waals surface area contributed by atoms with Crippen LogP contribution in [-0.2, 0) is 15.7 Å². The van der Waals surface area contributed by atoms with Gasteiger partial charge < -0.3 is 14.7 Å². The highest BCUT2D eigenvalue weighted by Crippen LogP contribution is 2.51. The van der Waals surface area contributed by atoms with Gasteiger partial charge in [-0.3, -0.25) is 9.69 Å². The smallest absolute Gasteiger partial charge is 0.419 e. The molecule has 0 unspecified atom stereocenters. The molecular formula is C27H36F3N3O3. The predicted octanol–water partition coefficient (Wildman–Crippen LogP) is 4.22. The number of pyridine rings is 1. The van der Waals surface area contributed by atoms with Crippen molar-refractivity contribution in [1.29, 1.82) is 0 Å². The highest BCUT2D eigenvalue weighted by atomic mass is 19.4. The van der Waals surface area contributed by atoms with Crippen LogP contribution in [0.5, 0.6) is 0 Å². The van der Waals surface area contributed by atoms with Gasteiger partial charge >= 0.3 is 12.1 Å². The number of hydrogen-bond donors (Lipinski definition) is 1. The Bertz CT molecular complexity index is 977. The molecule has 1 N–H and O–H groups in total. The standard InChI is InChI=1S/C27H36F3N3O3/c1-17-14-23-21(8-7-19(3)26(23,35)15-24(17)36-20(4)34)18(2)16-32-10-12-33(13-11-32)25-22(27(28,29)30)6-5-9-31-25/h5-6,9,14,18-19,21,23-24,35H,7-8,10-13,16H2,1-4H3/t18-,19-,21+,23-,24-,26-/m1/s1. The van der Waals surface area contributed by atoms with Gasteiger partial charge in [0.15, 0.2) is 0 Å². The van der Waals surface area contributed by atoms with Gasteiger partial charge in [0.1, 0.15) is 11.9 Å². The third-order valence-electron chi connectivity index (χ3n) is 8.20. The number of esters is 1. The number of aliphatic hydroxyl groups is 1. The Labute approximate surface area is 211 Å². The van der Waals surface area contributed by atoms with E-state index in [4.69, 9.17) is 4.74 Å². The van der Waals surface area contributed by atoms with Gasteiger partial charge in [-0.05, 0) is 55.2 Å². The van der Waals surface area contributed by atoms with Crippen LogP contribution in [0.2, 0.25) is 0 Å². The number of carbonyl (C=O) groups is 1. The Kier molecular flexibility index (Phi) is 7.72. The molecule has 36 heavy (non-hydrogen) atoms. The summed E-state index contributed by atoms with van der Waals surface area (Å²) in [5.41, 5.74) is -0.972. The SMILES string of the molecule is CC(=O)O[C@@H]1[C][C@@]2(O)[C@H](C)CC[C@@H]([C@H](C)CN3CCN(c4ncccc4C(F)(F)F)CC3)[C@H]2C=C1C. The highest BCUT2D eigenvalue weighted by Gasteiger charge is 2.53. The first-order chi connectivity index (χ1) is 16.9. The molecule has 1 aromatic rings. The minimum atomic E-state index is -4.43. The maximum Gasteiger partial charge on any atom is 0.419 e. The third kappa shape index (κ3) is 5.42. The van der Waals surface area contributed by atoms with Crippen LogP contribution >= 0.6 is 0 Å². The number of nitrogens with zero attached hydrogens (tertiary/aromatic N) is 3. The highest BCUT2D eigenvalue weighted by molar-refractivity contribution is 5.66. The quantitative estimate of drug-likeness (QED) is 0.476. The Morgan fingerprint density at radius 1 is 1.31 bits per heavy atom. The van der Waals surface area contributed by atoms with E-state index in [0.717, 1.165) is 31.0 Å². The molecule has 1 saturated heterocycles. The monoisotopic (exact) mass is 507 g/mol. The summed E-state index contributed by atoms with van der Waals surface area (Å²) in [6.45, 7) is 10.5. The summed E-state index contributed by atoms with van der Waals surface area (Å²) in [5, 5.41) is 11.7. The van der Waals surface area contributed by atoms with Gasteiger partial charge in [-0.2, -0.15) is 13.2 Å². The van der Waals surface area contributed by atoms with Gasteiger partial charge in [0, 0.05) is 51.8 Å². The zero-order valence-electron chi connectivity index (χ0n) is 21.4. The molecule has 1 aliphatic heterocycles. The van der Waals surface area contributed by atoms with E-state index in [9.17, 15) is 23.1 Å². The first kappa shape index (κ1) is 26.9. The zero-order valence-corrected chi connectivity index (χ0v) is 21.4. The molecule has 1 aromatic heterocycles. The number of rotatable bonds is 5. The number of alkyl halides is 3. The number of aromatic nitrogens is 1. The largest absolute Gasteiger partial charge is 0.457 e. The van der Waals surface area contributed by atoms with Gasteiger partial charge in [0.05, 0.1) is 17.6 Å². The van der Waals surface area contributed by atoms with Gasteiger partial charge in [-0.25, -0.2) is 4.98 Å². The summed E-state index contributed by atoms with van der Waals surface area (Å²) in [6.07, 6.45) is 3.45. The molecule has 0 amide bonds. The summed E-state index contributed by atoms with van der Waals surface area (Å²) < 4.78 is 45.7. The van der Waals surface area contributed by atoms with Crippen LogP contribution < -0.4 is 4.90 Å². The summed E-state index contributed by atoms with van der Waals surface area (Å²) in [5.74, 6) is -0.0386. The zero-order chi connectivity index (χ0) is 26.3. The normalized spacial score (nSPS) is 32.4. The topological polar surface area (TPSA) is 65.9 Å². The van der Waals surface area contributed by atoms with Crippen molar-refractivity contribution in [2.75, 3.05) is 37.6 Å². The molecule has 0 bridgehead atoms. The Morgan fingerprint density at radius 2 is 2.00 bits per heavy atom. The maximum atomic E-state index is 13.4. The molecule has 2 aliphatic carbocycles. The molecule has 3 aliphatic rings. The van der Waals surface area contributed by atoms with Gasteiger partial charge in [0.2, 0.25) is 0 Å². The number of ether oxygens (including phenoxy) is 1. The fourth-order valence-electron chi connectivity index (χ4n) is 6.16. The first-order valence-electron chi connectivity index (χ1n) is 12.7. The molecule has 2 heterocycles. The van der Waals surface area contributed by atoms with Gasteiger partial charge in [-0.1, -0.05) is 19.9 Å². The average Bonchev–Trinajstić information content (AvgIpc) is 2.81. The van der Waals surface area contributed by atoms with Crippen molar-refractivity contribution >= 4 is 11.8 Å². The van der Waals surface area contributed by atoms with Gasteiger partial charge in [-0.15, -0.1) is 0 Å². The van der Waals surface area contributed by atoms with E-state index in [1.165, 1.54) is 19.2 Å². The molecule has 1 saturated carbocycles. The minimum absolute atomic E-state index is 0.000238.